The molecule has 0 spiro atoms. The van der Waals surface area contributed by atoms with E-state index in [0.717, 1.165) is 11.3 Å². The van der Waals surface area contributed by atoms with Gasteiger partial charge in [-0.05, 0) is 18.2 Å². The van der Waals surface area contributed by atoms with E-state index in [9.17, 15) is 0 Å². The number of pyridine rings is 1. The number of para-hydroxylation sites is 1. The fourth-order valence-electron chi connectivity index (χ4n) is 1.27. The number of hydrogen-bond acceptors (Lipinski definition) is 3. The Hall–Kier alpha value is -2.03. The molecule has 2 rings (SSSR count). The van der Waals surface area contributed by atoms with Crippen molar-refractivity contribution in [1.29, 1.82) is 0 Å². The van der Waals surface area contributed by atoms with E-state index in [0.29, 0.717) is 12.3 Å². The lowest BCUT2D eigenvalue weighted by Crippen LogP contribution is -1.97. The summed E-state index contributed by atoms with van der Waals surface area (Å²) in [5.74, 6) is 0.847. The summed E-state index contributed by atoms with van der Waals surface area (Å²) in [5.41, 5.74) is 7.24. The summed E-state index contributed by atoms with van der Waals surface area (Å²) >= 11 is 0. The van der Waals surface area contributed by atoms with E-state index >= 15 is 0 Å². The highest BCUT2D eigenvalue weighted by Crippen LogP contribution is 2.12. The van der Waals surface area contributed by atoms with Crippen molar-refractivity contribution >= 4 is 5.69 Å². The molecule has 2 aromatic rings. The molecule has 0 radical (unpaired) electrons. The van der Waals surface area contributed by atoms with Crippen LogP contribution in [0.1, 0.15) is 5.56 Å². The highest BCUT2D eigenvalue weighted by molar-refractivity contribution is 5.36. The molecule has 0 aliphatic heterocycles. The smallest absolute Gasteiger partial charge is 0.119 e. The molecule has 0 fully saturated rings. The van der Waals surface area contributed by atoms with Crippen molar-refractivity contribution < 1.29 is 4.74 Å². The van der Waals surface area contributed by atoms with Gasteiger partial charge in [0.2, 0.25) is 0 Å². The van der Waals surface area contributed by atoms with Gasteiger partial charge in [0.1, 0.15) is 12.4 Å². The zero-order valence-electron chi connectivity index (χ0n) is 8.26. The standard InChI is InChI=1S/C12H12N2O/c13-11-6-10(7-14-8-11)9-15-12-4-2-1-3-5-12/h1-8H,9,13H2. The van der Waals surface area contributed by atoms with E-state index in [1.54, 1.807) is 12.4 Å². The number of nitrogen functional groups attached to an aromatic ring is 1. The van der Waals surface area contributed by atoms with Crippen LogP contribution >= 0.6 is 0 Å². The quantitative estimate of drug-likeness (QED) is 0.826. The molecule has 3 heteroatoms. The van der Waals surface area contributed by atoms with Crippen LogP contribution in [0.5, 0.6) is 5.75 Å². The topological polar surface area (TPSA) is 48.1 Å². The van der Waals surface area contributed by atoms with Gasteiger partial charge in [-0.1, -0.05) is 18.2 Å². The van der Waals surface area contributed by atoms with Crippen molar-refractivity contribution in [2.75, 3.05) is 5.73 Å². The van der Waals surface area contributed by atoms with Gasteiger partial charge in [-0.25, -0.2) is 0 Å². The first-order chi connectivity index (χ1) is 7.34. The van der Waals surface area contributed by atoms with Crippen molar-refractivity contribution in [3.8, 4) is 5.75 Å². The molecule has 0 bridgehead atoms. The molecule has 3 nitrogen and oxygen atoms in total. The monoisotopic (exact) mass is 200 g/mol. The van der Waals surface area contributed by atoms with Gasteiger partial charge in [0.05, 0.1) is 5.69 Å². The third-order valence-electron chi connectivity index (χ3n) is 1.96. The number of hydrogen-bond donors (Lipinski definition) is 1. The maximum absolute atomic E-state index is 5.61. The zero-order valence-corrected chi connectivity index (χ0v) is 8.26. The Labute approximate surface area is 88.5 Å². The Morgan fingerprint density at radius 2 is 1.93 bits per heavy atom. The molecule has 2 N–H and O–H groups in total. The average molecular weight is 200 g/mol. The van der Waals surface area contributed by atoms with E-state index in [-0.39, 0.29) is 0 Å². The number of ether oxygens (including phenoxy) is 1. The van der Waals surface area contributed by atoms with Crippen LogP contribution in [-0.4, -0.2) is 4.98 Å². The molecular weight excluding hydrogens is 188 g/mol. The van der Waals surface area contributed by atoms with E-state index < -0.39 is 0 Å². The number of nitrogens with zero attached hydrogens (tertiary/aromatic N) is 1. The van der Waals surface area contributed by atoms with Crippen LogP contribution in [0.2, 0.25) is 0 Å². The molecule has 0 unspecified atom stereocenters. The average Bonchev–Trinajstić information content (AvgIpc) is 2.28. The van der Waals surface area contributed by atoms with Gasteiger partial charge in [-0.3, -0.25) is 4.98 Å². The van der Waals surface area contributed by atoms with Gasteiger partial charge < -0.3 is 10.5 Å². The summed E-state index contributed by atoms with van der Waals surface area (Å²) in [6.45, 7) is 0.488. The Bertz CT molecular complexity index is 429. The maximum atomic E-state index is 5.61. The van der Waals surface area contributed by atoms with Crippen molar-refractivity contribution in [2.24, 2.45) is 0 Å². The number of rotatable bonds is 3. The Morgan fingerprint density at radius 1 is 1.13 bits per heavy atom. The minimum absolute atomic E-state index is 0.488. The Morgan fingerprint density at radius 3 is 2.67 bits per heavy atom. The predicted molar refractivity (Wildman–Crippen MR) is 59.4 cm³/mol. The molecule has 0 saturated heterocycles. The SMILES string of the molecule is Nc1cncc(COc2ccccc2)c1. The minimum Gasteiger partial charge on any atom is -0.489 e. The summed E-state index contributed by atoms with van der Waals surface area (Å²) < 4.78 is 5.55. The molecule has 0 saturated carbocycles. The Balaban J connectivity index is 1.99. The second-order valence-corrected chi connectivity index (χ2v) is 3.23. The van der Waals surface area contributed by atoms with Crippen molar-refractivity contribution in [2.45, 2.75) is 6.61 Å². The summed E-state index contributed by atoms with van der Waals surface area (Å²) in [7, 11) is 0. The second kappa shape index (κ2) is 4.46. The molecule has 0 aliphatic carbocycles. The maximum Gasteiger partial charge on any atom is 0.119 e. The van der Waals surface area contributed by atoms with Crippen LogP contribution in [0.25, 0.3) is 0 Å². The lowest BCUT2D eigenvalue weighted by atomic mass is 10.3. The fourth-order valence-corrected chi connectivity index (χ4v) is 1.27. The number of nitrogens with two attached hydrogens (primary N) is 1. The number of aromatic nitrogens is 1. The largest absolute Gasteiger partial charge is 0.489 e. The third kappa shape index (κ3) is 2.71. The first-order valence-corrected chi connectivity index (χ1v) is 4.72. The van der Waals surface area contributed by atoms with Gasteiger partial charge >= 0.3 is 0 Å². The molecule has 1 aromatic carbocycles. The van der Waals surface area contributed by atoms with Crippen LogP contribution in [0.15, 0.2) is 48.8 Å². The number of anilines is 1. The summed E-state index contributed by atoms with van der Waals surface area (Å²) in [4.78, 5) is 3.99. The summed E-state index contributed by atoms with van der Waals surface area (Å²) in [6, 6.07) is 11.5. The second-order valence-electron chi connectivity index (χ2n) is 3.23. The van der Waals surface area contributed by atoms with Crippen molar-refractivity contribution in [3.63, 3.8) is 0 Å². The molecular formula is C12H12N2O. The van der Waals surface area contributed by atoms with Crippen LogP contribution in [-0.2, 0) is 6.61 Å². The predicted octanol–water partition coefficient (Wildman–Crippen LogP) is 2.24. The highest BCUT2D eigenvalue weighted by atomic mass is 16.5. The number of benzene rings is 1. The van der Waals surface area contributed by atoms with Crippen LogP contribution in [0.3, 0.4) is 0 Å². The van der Waals surface area contributed by atoms with Crippen molar-refractivity contribution in [3.05, 3.63) is 54.4 Å². The summed E-state index contributed by atoms with van der Waals surface area (Å²) in [5, 5.41) is 0. The van der Waals surface area contributed by atoms with Gasteiger partial charge in [-0.15, -0.1) is 0 Å². The fraction of sp³-hybridized carbons (Fsp3) is 0.0833. The van der Waals surface area contributed by atoms with E-state index in [1.807, 2.05) is 36.4 Å². The molecule has 0 atom stereocenters. The molecule has 76 valence electrons. The van der Waals surface area contributed by atoms with Crippen molar-refractivity contribution in [1.82, 2.24) is 4.98 Å². The van der Waals surface area contributed by atoms with Gasteiger partial charge in [-0.2, -0.15) is 0 Å². The van der Waals surface area contributed by atoms with Crippen LogP contribution < -0.4 is 10.5 Å². The Kier molecular flexibility index (Phi) is 2.83. The minimum atomic E-state index is 0.488. The van der Waals surface area contributed by atoms with E-state index in [2.05, 4.69) is 4.98 Å². The summed E-state index contributed by atoms with van der Waals surface area (Å²) in [6.07, 6.45) is 3.37. The first kappa shape index (κ1) is 9.52. The highest BCUT2D eigenvalue weighted by Gasteiger charge is 1.96. The zero-order chi connectivity index (χ0) is 10.5. The van der Waals surface area contributed by atoms with Crippen LogP contribution in [0, 0.1) is 0 Å². The van der Waals surface area contributed by atoms with E-state index in [1.165, 1.54) is 0 Å². The molecule has 15 heavy (non-hydrogen) atoms. The van der Waals surface area contributed by atoms with Crippen LogP contribution in [0.4, 0.5) is 5.69 Å². The normalized spacial score (nSPS) is 9.87. The van der Waals surface area contributed by atoms with Gasteiger partial charge in [0, 0.05) is 18.0 Å². The first-order valence-electron chi connectivity index (χ1n) is 4.72. The molecule has 1 aromatic heterocycles. The molecule has 1 heterocycles. The molecule has 0 aliphatic rings. The lowest BCUT2D eigenvalue weighted by Gasteiger charge is -2.05. The third-order valence-corrected chi connectivity index (χ3v) is 1.96. The van der Waals surface area contributed by atoms with Gasteiger partial charge in [0.15, 0.2) is 0 Å². The van der Waals surface area contributed by atoms with E-state index in [4.69, 9.17) is 10.5 Å². The van der Waals surface area contributed by atoms with Gasteiger partial charge in [0.25, 0.3) is 0 Å². The lowest BCUT2D eigenvalue weighted by molar-refractivity contribution is 0.306. The molecule has 0 amide bonds.